The molecular formula is C24H26F3N3O2. The normalized spacial score (nSPS) is 20.8. The summed E-state index contributed by atoms with van der Waals surface area (Å²) >= 11 is 0. The maximum atomic E-state index is 12.9. The van der Waals surface area contributed by atoms with Crippen LogP contribution in [-0.4, -0.2) is 28.7 Å². The predicted octanol–water partition coefficient (Wildman–Crippen LogP) is 4.82. The summed E-state index contributed by atoms with van der Waals surface area (Å²) in [4.78, 5) is 16.4. The van der Waals surface area contributed by atoms with Crippen molar-refractivity contribution in [2.75, 3.05) is 6.54 Å². The first-order valence-corrected chi connectivity index (χ1v) is 10.7. The van der Waals surface area contributed by atoms with Crippen LogP contribution in [0.2, 0.25) is 0 Å². The van der Waals surface area contributed by atoms with Crippen LogP contribution in [0.5, 0.6) is 0 Å². The van der Waals surface area contributed by atoms with Crippen LogP contribution in [0, 0.1) is 17.2 Å². The minimum atomic E-state index is -4.80. The standard InChI is InChI=1S/C24H26F3N3O2/c1-23(32,24(25,26)27)20-9-6-18(7-10-20)22(31)29-13-12-16-2-4-17(5-3-16)19-8-11-21(14-28)30-15-19/h6-11,15-17,32H,2-5,12-13H2,1H3,(H,29,31). The van der Waals surface area contributed by atoms with E-state index in [2.05, 4.69) is 10.3 Å². The number of nitrogens with zero attached hydrogens (tertiary/aromatic N) is 2. The van der Waals surface area contributed by atoms with E-state index in [1.807, 2.05) is 12.1 Å². The second-order valence-electron chi connectivity index (χ2n) is 8.50. The van der Waals surface area contributed by atoms with Gasteiger partial charge in [-0.3, -0.25) is 4.79 Å². The van der Waals surface area contributed by atoms with E-state index in [1.54, 1.807) is 12.3 Å². The van der Waals surface area contributed by atoms with Crippen LogP contribution in [0.25, 0.3) is 0 Å². The van der Waals surface area contributed by atoms with E-state index in [0.717, 1.165) is 49.8 Å². The van der Waals surface area contributed by atoms with Gasteiger partial charge in [0.25, 0.3) is 5.91 Å². The summed E-state index contributed by atoms with van der Waals surface area (Å²) in [6.45, 7) is 1.18. The van der Waals surface area contributed by atoms with E-state index < -0.39 is 11.8 Å². The lowest BCUT2D eigenvalue weighted by Gasteiger charge is -2.28. The average molecular weight is 445 g/mol. The lowest BCUT2D eigenvalue weighted by molar-refractivity contribution is -0.258. The monoisotopic (exact) mass is 445 g/mol. The number of hydrogen-bond acceptors (Lipinski definition) is 4. The zero-order valence-electron chi connectivity index (χ0n) is 17.8. The zero-order chi connectivity index (χ0) is 23.4. The highest BCUT2D eigenvalue weighted by molar-refractivity contribution is 5.94. The van der Waals surface area contributed by atoms with E-state index in [9.17, 15) is 23.1 Å². The van der Waals surface area contributed by atoms with Crippen molar-refractivity contribution in [3.05, 3.63) is 65.0 Å². The molecule has 8 heteroatoms. The molecule has 1 amide bonds. The number of nitriles is 1. The van der Waals surface area contributed by atoms with Gasteiger partial charge in [-0.05, 0) is 80.2 Å². The van der Waals surface area contributed by atoms with Crippen molar-refractivity contribution in [2.45, 2.75) is 56.7 Å². The van der Waals surface area contributed by atoms with Crippen LogP contribution in [0.1, 0.15) is 72.1 Å². The molecule has 1 aliphatic carbocycles. The molecule has 0 aliphatic heterocycles. The fraction of sp³-hybridized carbons (Fsp3) is 0.458. The first-order chi connectivity index (χ1) is 15.1. The molecule has 0 radical (unpaired) electrons. The molecule has 3 rings (SSSR count). The zero-order valence-corrected chi connectivity index (χ0v) is 17.8. The molecule has 0 spiro atoms. The van der Waals surface area contributed by atoms with Crippen LogP contribution in [0.15, 0.2) is 42.6 Å². The number of halogens is 3. The smallest absolute Gasteiger partial charge is 0.376 e. The van der Waals surface area contributed by atoms with Crippen molar-refractivity contribution in [3.8, 4) is 6.07 Å². The molecule has 0 saturated heterocycles. The molecule has 1 aliphatic rings. The van der Waals surface area contributed by atoms with Crippen molar-refractivity contribution in [3.63, 3.8) is 0 Å². The minimum absolute atomic E-state index is 0.253. The van der Waals surface area contributed by atoms with Gasteiger partial charge in [-0.1, -0.05) is 18.2 Å². The van der Waals surface area contributed by atoms with Crippen LogP contribution >= 0.6 is 0 Å². The molecule has 2 N–H and O–H groups in total. The summed E-state index contributed by atoms with van der Waals surface area (Å²) < 4.78 is 38.8. The van der Waals surface area contributed by atoms with Gasteiger partial charge in [0, 0.05) is 18.3 Å². The summed E-state index contributed by atoms with van der Waals surface area (Å²) in [6, 6.07) is 10.6. The number of pyridine rings is 1. The Hall–Kier alpha value is -2.92. The maximum Gasteiger partial charge on any atom is 0.421 e. The minimum Gasteiger partial charge on any atom is -0.376 e. The number of benzene rings is 1. The number of aromatic nitrogens is 1. The van der Waals surface area contributed by atoms with Gasteiger partial charge < -0.3 is 10.4 Å². The fourth-order valence-electron chi connectivity index (χ4n) is 4.10. The molecule has 32 heavy (non-hydrogen) atoms. The van der Waals surface area contributed by atoms with Crippen molar-refractivity contribution < 1.29 is 23.1 Å². The molecule has 1 atom stereocenters. The molecule has 1 heterocycles. The quantitative estimate of drug-likeness (QED) is 0.668. The van der Waals surface area contributed by atoms with Gasteiger partial charge in [-0.15, -0.1) is 0 Å². The molecular weight excluding hydrogens is 419 g/mol. The first kappa shape index (κ1) is 23.7. The molecule has 5 nitrogen and oxygen atoms in total. The Morgan fingerprint density at radius 2 is 1.81 bits per heavy atom. The van der Waals surface area contributed by atoms with E-state index in [4.69, 9.17) is 5.26 Å². The third-order valence-corrected chi connectivity index (χ3v) is 6.32. The van der Waals surface area contributed by atoms with Gasteiger partial charge in [0.15, 0.2) is 5.60 Å². The number of hydrogen-bond donors (Lipinski definition) is 2. The number of alkyl halides is 3. The highest BCUT2D eigenvalue weighted by Gasteiger charge is 2.51. The Balaban J connectivity index is 1.44. The third kappa shape index (κ3) is 5.46. The van der Waals surface area contributed by atoms with Crippen LogP contribution < -0.4 is 5.32 Å². The van der Waals surface area contributed by atoms with Crippen molar-refractivity contribution in [1.82, 2.24) is 10.3 Å². The Kier molecular flexibility index (Phi) is 7.19. The first-order valence-electron chi connectivity index (χ1n) is 10.7. The molecule has 2 aromatic rings. The van der Waals surface area contributed by atoms with Crippen molar-refractivity contribution >= 4 is 5.91 Å². The van der Waals surface area contributed by atoms with Gasteiger partial charge in [0.05, 0.1) is 0 Å². The Morgan fingerprint density at radius 3 is 2.34 bits per heavy atom. The number of carbonyl (C=O) groups excluding carboxylic acids is 1. The van der Waals surface area contributed by atoms with Crippen molar-refractivity contribution in [1.29, 1.82) is 5.26 Å². The van der Waals surface area contributed by atoms with Gasteiger partial charge >= 0.3 is 6.18 Å². The summed E-state index contributed by atoms with van der Waals surface area (Å²) in [5.41, 5.74) is -1.45. The molecule has 170 valence electrons. The van der Waals surface area contributed by atoms with Gasteiger partial charge in [0.2, 0.25) is 0 Å². The Bertz CT molecular complexity index is 956. The SMILES string of the molecule is CC(O)(c1ccc(C(=O)NCCC2CCC(c3ccc(C#N)nc3)CC2)cc1)C(F)(F)F. The van der Waals surface area contributed by atoms with Crippen LogP contribution in [0.3, 0.4) is 0 Å². The van der Waals surface area contributed by atoms with Crippen LogP contribution in [-0.2, 0) is 5.60 Å². The summed E-state index contributed by atoms with van der Waals surface area (Å²) in [5, 5.41) is 21.4. The van der Waals surface area contributed by atoms with E-state index >= 15 is 0 Å². The summed E-state index contributed by atoms with van der Waals surface area (Å²) in [6.07, 6.45) is 1.98. The van der Waals surface area contributed by atoms with Gasteiger partial charge in [0.1, 0.15) is 11.8 Å². The molecule has 1 fully saturated rings. The molecule has 1 aromatic heterocycles. The molecule has 1 aromatic carbocycles. The predicted molar refractivity (Wildman–Crippen MR) is 113 cm³/mol. The van der Waals surface area contributed by atoms with Crippen molar-refractivity contribution in [2.24, 2.45) is 5.92 Å². The maximum absolute atomic E-state index is 12.9. The highest BCUT2D eigenvalue weighted by atomic mass is 19.4. The second-order valence-corrected chi connectivity index (χ2v) is 8.50. The number of amides is 1. The van der Waals surface area contributed by atoms with E-state index in [0.29, 0.717) is 31.0 Å². The van der Waals surface area contributed by atoms with Gasteiger partial charge in [-0.25, -0.2) is 4.98 Å². The van der Waals surface area contributed by atoms with E-state index in [-0.39, 0.29) is 17.0 Å². The Morgan fingerprint density at radius 1 is 1.16 bits per heavy atom. The largest absolute Gasteiger partial charge is 0.421 e. The summed E-state index contributed by atoms with van der Waals surface area (Å²) in [5.74, 6) is 0.594. The fourth-order valence-corrected chi connectivity index (χ4v) is 4.10. The topological polar surface area (TPSA) is 86.0 Å². The average Bonchev–Trinajstić information content (AvgIpc) is 2.79. The molecule has 0 bridgehead atoms. The third-order valence-electron chi connectivity index (χ3n) is 6.32. The Labute approximate surface area is 185 Å². The summed E-state index contributed by atoms with van der Waals surface area (Å²) in [7, 11) is 0. The molecule has 1 unspecified atom stereocenters. The second kappa shape index (κ2) is 9.70. The number of nitrogens with one attached hydrogen (secondary N) is 1. The van der Waals surface area contributed by atoms with Gasteiger partial charge in [-0.2, -0.15) is 18.4 Å². The lowest BCUT2D eigenvalue weighted by Crippen LogP contribution is -2.39. The number of aliphatic hydroxyl groups is 1. The highest BCUT2D eigenvalue weighted by Crippen LogP contribution is 2.38. The van der Waals surface area contributed by atoms with E-state index in [1.165, 1.54) is 12.1 Å². The molecule has 1 saturated carbocycles. The lowest BCUT2D eigenvalue weighted by atomic mass is 9.78. The van der Waals surface area contributed by atoms with Crippen LogP contribution in [0.4, 0.5) is 13.2 Å². The number of rotatable bonds is 6. The number of carbonyl (C=O) groups is 1.